The Kier molecular flexibility index (Phi) is 7.91. The van der Waals surface area contributed by atoms with Crippen molar-refractivity contribution in [1.82, 2.24) is 0 Å². The van der Waals surface area contributed by atoms with Gasteiger partial charge in [-0.15, -0.1) is 0 Å². The zero-order chi connectivity index (χ0) is 22.2. The minimum absolute atomic E-state index is 0.304. The van der Waals surface area contributed by atoms with Gasteiger partial charge in [-0.25, -0.2) is 9.59 Å². The number of carbonyl (C=O) groups excluding carboxylic acids is 2. The lowest BCUT2D eigenvalue weighted by molar-refractivity contribution is 0.0488. The first-order chi connectivity index (χ1) is 15.7. The Balaban J connectivity index is 1.19. The van der Waals surface area contributed by atoms with E-state index in [1.807, 2.05) is 24.3 Å². The van der Waals surface area contributed by atoms with Crippen LogP contribution in [0.25, 0.3) is 11.1 Å². The summed E-state index contributed by atoms with van der Waals surface area (Å²) in [7, 11) is 0. The Morgan fingerprint density at radius 1 is 0.656 bits per heavy atom. The summed E-state index contributed by atoms with van der Waals surface area (Å²) in [4.78, 5) is 24.4. The van der Waals surface area contributed by atoms with E-state index in [0.717, 1.165) is 62.9 Å². The molecule has 0 amide bonds. The highest BCUT2D eigenvalue weighted by Crippen LogP contribution is 2.22. The molecule has 2 heterocycles. The summed E-state index contributed by atoms with van der Waals surface area (Å²) >= 11 is 0. The molecule has 0 aliphatic carbocycles. The number of hydrogen-bond donors (Lipinski definition) is 0. The van der Waals surface area contributed by atoms with Crippen molar-refractivity contribution in [1.29, 1.82) is 0 Å². The van der Waals surface area contributed by atoms with Crippen molar-refractivity contribution in [2.24, 2.45) is 0 Å². The van der Waals surface area contributed by atoms with Crippen LogP contribution in [0.1, 0.15) is 59.2 Å². The summed E-state index contributed by atoms with van der Waals surface area (Å²) in [6.45, 7) is 2.60. The molecule has 0 N–H and O–H groups in total. The molecule has 2 fully saturated rings. The quantitative estimate of drug-likeness (QED) is 0.254. The van der Waals surface area contributed by atoms with Crippen LogP contribution < -0.4 is 0 Å². The standard InChI is InChI=1S/C26H30O6/c27-25(29-15-3-1-5-23-17-31-23)21-11-7-19(8-12-21)20-9-13-22(14-10-20)26(28)30-16-4-2-6-24-18-32-24/h7-14,23-24H,1-6,15-18H2. The zero-order valence-electron chi connectivity index (χ0n) is 18.3. The smallest absolute Gasteiger partial charge is 0.338 e. The van der Waals surface area contributed by atoms with Crippen molar-refractivity contribution in [3.8, 4) is 11.1 Å². The number of epoxide rings is 2. The molecule has 0 spiro atoms. The number of unbranched alkanes of at least 4 members (excludes halogenated alkanes) is 2. The van der Waals surface area contributed by atoms with E-state index >= 15 is 0 Å². The fraction of sp³-hybridized carbons (Fsp3) is 0.462. The highest BCUT2D eigenvalue weighted by atomic mass is 16.6. The Labute approximate surface area is 188 Å². The lowest BCUT2D eigenvalue weighted by Gasteiger charge is -2.07. The van der Waals surface area contributed by atoms with Crippen LogP contribution in [0.2, 0.25) is 0 Å². The molecule has 0 radical (unpaired) electrons. The van der Waals surface area contributed by atoms with Gasteiger partial charge < -0.3 is 18.9 Å². The van der Waals surface area contributed by atoms with E-state index in [9.17, 15) is 9.59 Å². The van der Waals surface area contributed by atoms with Crippen molar-refractivity contribution in [3.05, 3.63) is 59.7 Å². The van der Waals surface area contributed by atoms with Crippen LogP contribution in [0.4, 0.5) is 0 Å². The van der Waals surface area contributed by atoms with E-state index in [4.69, 9.17) is 18.9 Å². The van der Waals surface area contributed by atoms with Gasteiger partial charge in [0.25, 0.3) is 0 Å². The van der Waals surface area contributed by atoms with Gasteiger partial charge in [-0.1, -0.05) is 24.3 Å². The number of benzene rings is 2. The van der Waals surface area contributed by atoms with Gasteiger partial charge in [0.2, 0.25) is 0 Å². The van der Waals surface area contributed by atoms with Crippen LogP contribution in [0.5, 0.6) is 0 Å². The molecule has 170 valence electrons. The minimum atomic E-state index is -0.304. The lowest BCUT2D eigenvalue weighted by Crippen LogP contribution is -2.07. The summed E-state index contributed by atoms with van der Waals surface area (Å²) in [6.07, 6.45) is 6.66. The second kappa shape index (κ2) is 11.2. The molecular formula is C26H30O6. The van der Waals surface area contributed by atoms with Crippen molar-refractivity contribution >= 4 is 11.9 Å². The minimum Gasteiger partial charge on any atom is -0.462 e. The third-order valence-electron chi connectivity index (χ3n) is 5.69. The number of carbonyl (C=O) groups is 2. The maximum Gasteiger partial charge on any atom is 0.338 e. The summed E-state index contributed by atoms with van der Waals surface area (Å²) in [6, 6.07) is 14.6. The predicted molar refractivity (Wildman–Crippen MR) is 120 cm³/mol. The first kappa shape index (κ1) is 22.5. The molecule has 2 aliphatic heterocycles. The highest BCUT2D eigenvalue weighted by Gasteiger charge is 2.21. The Hall–Kier alpha value is -2.70. The highest BCUT2D eigenvalue weighted by molar-refractivity contribution is 5.91. The molecule has 4 rings (SSSR count). The predicted octanol–water partition coefficient (Wildman–Crippen LogP) is 4.81. The van der Waals surface area contributed by atoms with Gasteiger partial charge >= 0.3 is 11.9 Å². The molecule has 2 saturated heterocycles. The Morgan fingerprint density at radius 2 is 1.03 bits per heavy atom. The molecule has 2 aliphatic rings. The molecular weight excluding hydrogens is 408 g/mol. The molecule has 0 saturated carbocycles. The van der Waals surface area contributed by atoms with Crippen LogP contribution in [0.15, 0.2) is 48.5 Å². The van der Waals surface area contributed by atoms with Gasteiger partial charge in [0.05, 0.1) is 49.8 Å². The van der Waals surface area contributed by atoms with Gasteiger partial charge in [-0.3, -0.25) is 0 Å². The third-order valence-corrected chi connectivity index (χ3v) is 5.69. The van der Waals surface area contributed by atoms with Crippen LogP contribution in [0, 0.1) is 0 Å². The Morgan fingerprint density at radius 3 is 1.38 bits per heavy atom. The van der Waals surface area contributed by atoms with E-state index in [1.165, 1.54) is 0 Å². The van der Waals surface area contributed by atoms with Crippen LogP contribution >= 0.6 is 0 Å². The average molecular weight is 439 g/mol. The maximum absolute atomic E-state index is 12.2. The van der Waals surface area contributed by atoms with Gasteiger partial charge in [-0.05, 0) is 73.9 Å². The number of hydrogen-bond acceptors (Lipinski definition) is 6. The van der Waals surface area contributed by atoms with Crippen LogP contribution in [0.3, 0.4) is 0 Å². The number of rotatable bonds is 13. The topological polar surface area (TPSA) is 77.7 Å². The summed E-state index contributed by atoms with van der Waals surface area (Å²) in [5.41, 5.74) is 3.00. The molecule has 32 heavy (non-hydrogen) atoms. The van der Waals surface area contributed by atoms with E-state index in [0.29, 0.717) is 36.5 Å². The molecule has 6 heteroatoms. The second-order valence-corrected chi connectivity index (χ2v) is 8.33. The summed E-state index contributed by atoms with van der Waals surface area (Å²) in [5.74, 6) is -0.607. The van der Waals surface area contributed by atoms with Gasteiger partial charge in [-0.2, -0.15) is 0 Å². The largest absolute Gasteiger partial charge is 0.462 e. The van der Waals surface area contributed by atoms with E-state index in [2.05, 4.69) is 0 Å². The average Bonchev–Trinajstić information content (AvgIpc) is 3.74. The van der Waals surface area contributed by atoms with E-state index < -0.39 is 0 Å². The summed E-state index contributed by atoms with van der Waals surface area (Å²) < 4.78 is 21.0. The lowest BCUT2D eigenvalue weighted by atomic mass is 10.0. The molecule has 2 unspecified atom stereocenters. The maximum atomic E-state index is 12.2. The van der Waals surface area contributed by atoms with Gasteiger partial charge in [0.1, 0.15) is 0 Å². The van der Waals surface area contributed by atoms with E-state index in [1.54, 1.807) is 24.3 Å². The van der Waals surface area contributed by atoms with Crippen molar-refractivity contribution in [2.75, 3.05) is 26.4 Å². The first-order valence-electron chi connectivity index (χ1n) is 11.5. The monoisotopic (exact) mass is 438 g/mol. The molecule has 2 atom stereocenters. The first-order valence-corrected chi connectivity index (χ1v) is 11.5. The van der Waals surface area contributed by atoms with E-state index in [-0.39, 0.29) is 11.9 Å². The zero-order valence-corrected chi connectivity index (χ0v) is 18.3. The molecule has 0 aromatic heterocycles. The molecule has 6 nitrogen and oxygen atoms in total. The van der Waals surface area contributed by atoms with Crippen molar-refractivity contribution in [2.45, 2.75) is 50.7 Å². The fourth-order valence-corrected chi connectivity index (χ4v) is 3.51. The SMILES string of the molecule is O=C(OCCCCC1CO1)c1ccc(-c2ccc(C(=O)OCCCCC3CO3)cc2)cc1. The summed E-state index contributed by atoms with van der Waals surface area (Å²) in [5, 5.41) is 0. The normalized spacial score (nSPS) is 18.8. The molecule has 2 aromatic carbocycles. The second-order valence-electron chi connectivity index (χ2n) is 8.33. The van der Waals surface area contributed by atoms with Crippen LogP contribution in [-0.4, -0.2) is 50.6 Å². The third kappa shape index (κ3) is 7.18. The fourth-order valence-electron chi connectivity index (χ4n) is 3.51. The van der Waals surface area contributed by atoms with Gasteiger partial charge in [0, 0.05) is 0 Å². The molecule has 2 aromatic rings. The van der Waals surface area contributed by atoms with Gasteiger partial charge in [0.15, 0.2) is 0 Å². The number of ether oxygens (including phenoxy) is 4. The number of esters is 2. The molecule has 0 bridgehead atoms. The van der Waals surface area contributed by atoms with Crippen LogP contribution in [-0.2, 0) is 18.9 Å². The Bertz CT molecular complexity index is 806. The van der Waals surface area contributed by atoms with Crippen molar-refractivity contribution < 1.29 is 28.5 Å². The van der Waals surface area contributed by atoms with Crippen molar-refractivity contribution in [3.63, 3.8) is 0 Å².